The summed E-state index contributed by atoms with van der Waals surface area (Å²) < 4.78 is 0. The van der Waals surface area contributed by atoms with Gasteiger partial charge in [0.05, 0.1) is 0 Å². The average molecular weight is 320 g/mol. The van der Waals surface area contributed by atoms with Gasteiger partial charge in [0, 0.05) is 22.2 Å². The molecule has 0 bridgehead atoms. The Hall–Kier alpha value is -0.640. The van der Waals surface area contributed by atoms with Crippen LogP contribution >= 0.6 is 22.7 Å². The molecule has 21 heavy (non-hydrogen) atoms. The van der Waals surface area contributed by atoms with E-state index in [0.717, 1.165) is 18.9 Å². The van der Waals surface area contributed by atoms with E-state index < -0.39 is 0 Å². The molecule has 1 aliphatic rings. The molecule has 3 rings (SSSR count). The topological polar surface area (TPSA) is 12.0 Å². The first-order chi connectivity index (χ1) is 9.93. The van der Waals surface area contributed by atoms with Gasteiger partial charge in [-0.15, -0.1) is 22.7 Å². The molecule has 1 atom stereocenters. The van der Waals surface area contributed by atoms with Gasteiger partial charge < -0.3 is 5.32 Å². The Labute approximate surface area is 136 Å². The summed E-state index contributed by atoms with van der Waals surface area (Å²) in [4.78, 5) is 2.93. The second-order valence-electron chi connectivity index (χ2n) is 7.26. The van der Waals surface area contributed by atoms with Gasteiger partial charge in [-0.1, -0.05) is 39.8 Å². The number of hydrogen-bond donors (Lipinski definition) is 1. The Bertz CT molecular complexity index is 552. The maximum absolute atomic E-state index is 3.85. The van der Waals surface area contributed by atoms with Gasteiger partial charge in [-0.25, -0.2) is 0 Å². The molecule has 1 nitrogen and oxygen atoms in total. The predicted molar refractivity (Wildman–Crippen MR) is 94.1 cm³/mol. The van der Waals surface area contributed by atoms with E-state index in [0.29, 0.717) is 16.9 Å². The zero-order chi connectivity index (χ0) is 15.1. The molecule has 0 spiro atoms. The molecule has 0 aliphatic heterocycles. The van der Waals surface area contributed by atoms with Crippen molar-refractivity contribution in [3.8, 4) is 0 Å². The summed E-state index contributed by atoms with van der Waals surface area (Å²) in [6.07, 6.45) is 1.10. The van der Waals surface area contributed by atoms with Crippen molar-refractivity contribution in [2.24, 2.45) is 16.7 Å². The first-order valence-corrected chi connectivity index (χ1v) is 9.48. The van der Waals surface area contributed by atoms with Crippen LogP contribution in [0.3, 0.4) is 0 Å². The smallest absolute Gasteiger partial charge is 0.0463 e. The van der Waals surface area contributed by atoms with Gasteiger partial charge >= 0.3 is 0 Å². The largest absolute Gasteiger partial charge is 0.309 e. The van der Waals surface area contributed by atoms with Crippen LogP contribution in [0.4, 0.5) is 0 Å². The molecule has 2 aromatic rings. The second kappa shape index (κ2) is 5.53. The Kier molecular flexibility index (Phi) is 4.02. The lowest BCUT2D eigenvalue weighted by molar-refractivity contribution is 0.457. The van der Waals surface area contributed by atoms with Crippen LogP contribution in [0.5, 0.6) is 0 Å². The van der Waals surface area contributed by atoms with E-state index in [-0.39, 0.29) is 0 Å². The van der Waals surface area contributed by atoms with Crippen molar-refractivity contribution < 1.29 is 0 Å². The van der Waals surface area contributed by atoms with Crippen molar-refractivity contribution in [3.63, 3.8) is 0 Å². The van der Waals surface area contributed by atoms with Crippen molar-refractivity contribution in [3.05, 3.63) is 44.8 Å². The summed E-state index contributed by atoms with van der Waals surface area (Å²) in [5.41, 5.74) is 0.922. The van der Waals surface area contributed by atoms with Crippen LogP contribution in [-0.2, 0) is 6.42 Å². The highest BCUT2D eigenvalue weighted by Gasteiger charge is 2.63. The zero-order valence-corrected chi connectivity index (χ0v) is 15.0. The van der Waals surface area contributed by atoms with E-state index in [1.807, 2.05) is 22.7 Å². The molecular formula is C18H25NS2. The summed E-state index contributed by atoms with van der Waals surface area (Å²) in [5, 5.41) is 8.21. The predicted octanol–water partition coefficient (Wildman–Crippen LogP) is 5.37. The van der Waals surface area contributed by atoms with E-state index in [4.69, 9.17) is 0 Å². The van der Waals surface area contributed by atoms with Crippen molar-refractivity contribution in [1.29, 1.82) is 0 Å². The average Bonchev–Trinajstić information content (AvgIpc) is 2.98. The molecule has 1 aliphatic carbocycles. The molecule has 1 saturated carbocycles. The third-order valence-corrected chi connectivity index (χ3v) is 7.64. The maximum Gasteiger partial charge on any atom is 0.0463 e. The summed E-state index contributed by atoms with van der Waals surface area (Å²) in [6.45, 7) is 10.7. The first kappa shape index (κ1) is 15.3. The van der Waals surface area contributed by atoms with Crippen LogP contribution in [0.2, 0.25) is 0 Å². The summed E-state index contributed by atoms with van der Waals surface area (Å²) in [5.74, 6) is 0.774. The Morgan fingerprint density at radius 2 is 1.71 bits per heavy atom. The SMILES string of the molecule is CC1(C)C(CNC(Cc2cccs2)c2cccs2)C1(C)C. The van der Waals surface area contributed by atoms with Crippen molar-refractivity contribution in [2.75, 3.05) is 6.54 Å². The van der Waals surface area contributed by atoms with Crippen LogP contribution in [0, 0.1) is 16.7 Å². The number of nitrogens with one attached hydrogen (secondary N) is 1. The zero-order valence-electron chi connectivity index (χ0n) is 13.3. The normalized spacial score (nSPS) is 21.3. The molecule has 1 unspecified atom stereocenters. The monoisotopic (exact) mass is 319 g/mol. The van der Waals surface area contributed by atoms with Gasteiger partial charge in [0.1, 0.15) is 0 Å². The molecule has 0 aromatic carbocycles. The third-order valence-electron chi connectivity index (χ3n) is 5.76. The molecule has 1 N–H and O–H groups in total. The summed E-state index contributed by atoms with van der Waals surface area (Å²) >= 11 is 3.73. The molecule has 0 radical (unpaired) electrons. The minimum absolute atomic E-state index is 0.454. The highest BCUT2D eigenvalue weighted by atomic mass is 32.1. The van der Waals surface area contributed by atoms with E-state index in [1.165, 1.54) is 9.75 Å². The van der Waals surface area contributed by atoms with Crippen LogP contribution < -0.4 is 5.32 Å². The highest BCUT2D eigenvalue weighted by molar-refractivity contribution is 7.10. The Morgan fingerprint density at radius 3 is 2.24 bits per heavy atom. The Balaban J connectivity index is 1.66. The Morgan fingerprint density at radius 1 is 1.05 bits per heavy atom. The fraction of sp³-hybridized carbons (Fsp3) is 0.556. The highest BCUT2D eigenvalue weighted by Crippen LogP contribution is 2.68. The van der Waals surface area contributed by atoms with Crippen LogP contribution in [0.15, 0.2) is 35.0 Å². The minimum atomic E-state index is 0.454. The quantitative estimate of drug-likeness (QED) is 0.755. The molecule has 3 heteroatoms. The third kappa shape index (κ3) is 2.84. The van der Waals surface area contributed by atoms with Gasteiger partial charge in [-0.3, -0.25) is 0 Å². The molecule has 0 amide bonds. The van der Waals surface area contributed by atoms with Gasteiger partial charge in [0.15, 0.2) is 0 Å². The summed E-state index contributed by atoms with van der Waals surface area (Å²) in [6, 6.07) is 9.28. The van der Waals surface area contributed by atoms with Crippen LogP contribution in [0.1, 0.15) is 43.5 Å². The van der Waals surface area contributed by atoms with Gasteiger partial charge in [-0.05, 0) is 46.2 Å². The van der Waals surface area contributed by atoms with Crippen molar-refractivity contribution >= 4 is 22.7 Å². The summed E-state index contributed by atoms with van der Waals surface area (Å²) in [7, 11) is 0. The van der Waals surface area contributed by atoms with Crippen LogP contribution in [0.25, 0.3) is 0 Å². The fourth-order valence-electron chi connectivity index (χ4n) is 3.50. The van der Waals surface area contributed by atoms with E-state index >= 15 is 0 Å². The first-order valence-electron chi connectivity index (χ1n) is 7.72. The maximum atomic E-state index is 3.85. The van der Waals surface area contributed by atoms with Crippen molar-refractivity contribution in [2.45, 2.75) is 40.2 Å². The second-order valence-corrected chi connectivity index (χ2v) is 9.27. The van der Waals surface area contributed by atoms with Gasteiger partial charge in [-0.2, -0.15) is 0 Å². The fourth-order valence-corrected chi connectivity index (χ4v) is 5.05. The molecule has 0 saturated heterocycles. The van der Waals surface area contributed by atoms with E-state index in [1.54, 1.807) is 0 Å². The van der Waals surface area contributed by atoms with Gasteiger partial charge in [0.2, 0.25) is 0 Å². The molecule has 114 valence electrons. The van der Waals surface area contributed by atoms with Gasteiger partial charge in [0.25, 0.3) is 0 Å². The van der Waals surface area contributed by atoms with E-state index in [9.17, 15) is 0 Å². The molecule has 2 aromatic heterocycles. The molecule has 1 fully saturated rings. The van der Waals surface area contributed by atoms with E-state index in [2.05, 4.69) is 68.0 Å². The lowest BCUT2D eigenvalue weighted by Crippen LogP contribution is -2.26. The minimum Gasteiger partial charge on any atom is -0.309 e. The molecule has 2 heterocycles. The van der Waals surface area contributed by atoms with Crippen molar-refractivity contribution in [1.82, 2.24) is 5.32 Å². The number of thiophene rings is 2. The number of rotatable bonds is 6. The number of hydrogen-bond acceptors (Lipinski definition) is 3. The standard InChI is InChI=1S/C18H25NS2/c1-17(2)16(18(17,3)4)12-19-14(15-8-6-10-21-15)11-13-7-5-9-20-13/h5-10,14,16,19H,11-12H2,1-4H3. The van der Waals surface area contributed by atoms with Crippen LogP contribution in [-0.4, -0.2) is 6.54 Å². The molecular weight excluding hydrogens is 294 g/mol. The lowest BCUT2D eigenvalue weighted by atomic mass is 10.0. The lowest BCUT2D eigenvalue weighted by Gasteiger charge is -2.17.